The molecule has 0 saturated carbocycles. The van der Waals surface area contributed by atoms with Gasteiger partial charge >= 0.3 is 0 Å². The highest BCUT2D eigenvalue weighted by molar-refractivity contribution is 14.0. The predicted octanol–water partition coefficient (Wildman–Crippen LogP) is 3.62. The summed E-state index contributed by atoms with van der Waals surface area (Å²) in [5.41, 5.74) is 1.28. The van der Waals surface area contributed by atoms with Crippen LogP contribution in [0.2, 0.25) is 0 Å². The molecule has 0 amide bonds. The number of aliphatic imine (C=N–C) groups is 1. The van der Waals surface area contributed by atoms with Gasteiger partial charge in [0.25, 0.3) is 0 Å². The average Bonchev–Trinajstić information content (AvgIpc) is 3.14. The molecular formula is C19H32IN3O2S. The van der Waals surface area contributed by atoms with Crippen LogP contribution in [0, 0.1) is 0 Å². The number of guanidine groups is 1. The molecule has 1 aromatic carbocycles. The van der Waals surface area contributed by atoms with Crippen LogP contribution in [-0.4, -0.2) is 63.2 Å². The van der Waals surface area contributed by atoms with E-state index in [-0.39, 0.29) is 30.1 Å². The summed E-state index contributed by atoms with van der Waals surface area (Å²) in [6.07, 6.45) is 4.64. The van der Waals surface area contributed by atoms with Crippen molar-refractivity contribution in [1.82, 2.24) is 10.2 Å². The van der Waals surface area contributed by atoms with Crippen molar-refractivity contribution in [2.24, 2.45) is 4.99 Å². The first-order valence-corrected chi connectivity index (χ1v) is 10.3. The third-order valence-corrected chi connectivity index (χ3v) is 4.84. The molecular weight excluding hydrogens is 461 g/mol. The monoisotopic (exact) mass is 493 g/mol. The highest BCUT2D eigenvalue weighted by Gasteiger charge is 2.15. The minimum Gasteiger partial charge on any atom is -0.377 e. The van der Waals surface area contributed by atoms with Gasteiger partial charge in [0.2, 0.25) is 0 Å². The van der Waals surface area contributed by atoms with Gasteiger partial charge in [-0.2, -0.15) is 0 Å². The maximum Gasteiger partial charge on any atom is 0.194 e. The van der Waals surface area contributed by atoms with Gasteiger partial charge in [-0.25, -0.2) is 0 Å². The van der Waals surface area contributed by atoms with Crippen molar-refractivity contribution in [1.29, 1.82) is 0 Å². The molecule has 7 heteroatoms. The summed E-state index contributed by atoms with van der Waals surface area (Å²) >= 11 is 1.76. The number of nitrogens with one attached hydrogen (secondary N) is 1. The quantitative estimate of drug-likeness (QED) is 0.187. The van der Waals surface area contributed by atoms with Gasteiger partial charge in [-0.1, -0.05) is 12.1 Å². The number of nitrogens with zero attached hydrogens (tertiary/aromatic N) is 2. The van der Waals surface area contributed by atoms with Gasteiger partial charge in [0.05, 0.1) is 25.9 Å². The number of thioether (sulfide) groups is 1. The van der Waals surface area contributed by atoms with Crippen LogP contribution < -0.4 is 5.32 Å². The van der Waals surface area contributed by atoms with Crippen LogP contribution in [0.4, 0.5) is 0 Å². The summed E-state index contributed by atoms with van der Waals surface area (Å²) in [5.74, 6) is 0.914. The van der Waals surface area contributed by atoms with Crippen molar-refractivity contribution >= 4 is 41.7 Å². The summed E-state index contributed by atoms with van der Waals surface area (Å²) in [4.78, 5) is 8.11. The van der Waals surface area contributed by atoms with Crippen LogP contribution in [0.5, 0.6) is 0 Å². The van der Waals surface area contributed by atoms with Gasteiger partial charge in [-0.3, -0.25) is 4.99 Å². The molecule has 1 aliphatic heterocycles. The second-order valence-electron chi connectivity index (χ2n) is 6.15. The Morgan fingerprint density at radius 2 is 2.15 bits per heavy atom. The molecule has 148 valence electrons. The molecule has 1 atom stereocenters. The van der Waals surface area contributed by atoms with Crippen LogP contribution in [-0.2, 0) is 16.0 Å². The molecule has 0 aliphatic carbocycles. The Balaban J connectivity index is 0.00000338. The van der Waals surface area contributed by atoms with E-state index in [9.17, 15) is 0 Å². The minimum atomic E-state index is 0. The zero-order valence-electron chi connectivity index (χ0n) is 16.1. The lowest BCUT2D eigenvalue weighted by molar-refractivity contribution is 0.0199. The van der Waals surface area contributed by atoms with E-state index in [2.05, 4.69) is 59.7 Å². The normalized spacial score (nSPS) is 17.0. The van der Waals surface area contributed by atoms with Gasteiger partial charge in [0.15, 0.2) is 5.96 Å². The standard InChI is InChI=1S/C19H31N3O2S.HI/c1-4-20-19(21-11-13-23-15-17-6-5-12-24-17)22(2)14-16-7-9-18(25-3)10-8-16;/h7-10,17H,4-6,11-15H2,1-3H3,(H,20,21);1H. The highest BCUT2D eigenvalue weighted by atomic mass is 127. The first-order chi connectivity index (χ1) is 12.2. The van der Waals surface area contributed by atoms with Crippen molar-refractivity contribution in [3.8, 4) is 0 Å². The second-order valence-corrected chi connectivity index (χ2v) is 7.03. The Hall–Kier alpha value is -0.510. The minimum absolute atomic E-state index is 0. The van der Waals surface area contributed by atoms with E-state index < -0.39 is 0 Å². The van der Waals surface area contributed by atoms with Crippen molar-refractivity contribution in [2.45, 2.75) is 37.3 Å². The maximum absolute atomic E-state index is 5.69. The van der Waals surface area contributed by atoms with E-state index in [1.807, 2.05) is 0 Å². The molecule has 0 spiro atoms. The third kappa shape index (κ3) is 8.45. The Morgan fingerprint density at radius 3 is 2.77 bits per heavy atom. The highest BCUT2D eigenvalue weighted by Crippen LogP contribution is 2.15. The molecule has 1 aromatic rings. The molecule has 5 nitrogen and oxygen atoms in total. The number of hydrogen-bond acceptors (Lipinski definition) is 4. The fourth-order valence-corrected chi connectivity index (χ4v) is 3.16. The van der Waals surface area contributed by atoms with E-state index in [0.29, 0.717) is 19.8 Å². The molecule has 1 fully saturated rings. The van der Waals surface area contributed by atoms with Gasteiger partial charge in [0, 0.05) is 31.6 Å². The zero-order chi connectivity index (χ0) is 17.9. The van der Waals surface area contributed by atoms with E-state index in [0.717, 1.165) is 38.5 Å². The lowest BCUT2D eigenvalue weighted by Gasteiger charge is -2.22. The SMILES string of the molecule is CCNC(=NCCOCC1CCCO1)N(C)Cc1ccc(SC)cc1.I. The smallest absolute Gasteiger partial charge is 0.194 e. The number of benzene rings is 1. The Labute approximate surface area is 179 Å². The summed E-state index contributed by atoms with van der Waals surface area (Å²) in [7, 11) is 2.07. The Morgan fingerprint density at radius 1 is 1.38 bits per heavy atom. The molecule has 1 heterocycles. The lowest BCUT2D eigenvalue weighted by Crippen LogP contribution is -2.38. The largest absolute Gasteiger partial charge is 0.377 e. The van der Waals surface area contributed by atoms with Crippen molar-refractivity contribution in [3.63, 3.8) is 0 Å². The second kappa shape index (κ2) is 13.6. The summed E-state index contributed by atoms with van der Waals surface area (Å²) in [6, 6.07) is 8.68. The first-order valence-electron chi connectivity index (χ1n) is 9.04. The molecule has 2 rings (SSSR count). The zero-order valence-corrected chi connectivity index (χ0v) is 19.2. The molecule has 1 N–H and O–H groups in total. The van der Waals surface area contributed by atoms with Crippen LogP contribution in [0.3, 0.4) is 0 Å². The molecule has 0 bridgehead atoms. The Kier molecular flexibility index (Phi) is 12.3. The molecule has 0 radical (unpaired) electrons. The topological polar surface area (TPSA) is 46.1 Å². The van der Waals surface area contributed by atoms with Gasteiger partial charge < -0.3 is 19.7 Å². The van der Waals surface area contributed by atoms with E-state index in [1.165, 1.54) is 10.5 Å². The number of halogens is 1. The van der Waals surface area contributed by atoms with E-state index >= 15 is 0 Å². The lowest BCUT2D eigenvalue weighted by atomic mass is 10.2. The molecule has 26 heavy (non-hydrogen) atoms. The fraction of sp³-hybridized carbons (Fsp3) is 0.632. The van der Waals surface area contributed by atoms with Crippen molar-refractivity contribution < 1.29 is 9.47 Å². The number of rotatable bonds is 9. The number of ether oxygens (including phenoxy) is 2. The van der Waals surface area contributed by atoms with Crippen LogP contribution >= 0.6 is 35.7 Å². The fourth-order valence-electron chi connectivity index (χ4n) is 2.76. The molecule has 1 saturated heterocycles. The van der Waals surface area contributed by atoms with Crippen LogP contribution in [0.1, 0.15) is 25.3 Å². The first kappa shape index (κ1) is 23.5. The van der Waals surface area contributed by atoms with Gasteiger partial charge in [-0.05, 0) is 43.7 Å². The summed E-state index contributed by atoms with van der Waals surface area (Å²) in [6.45, 7) is 6.62. The molecule has 1 aliphatic rings. The van der Waals surface area contributed by atoms with Crippen LogP contribution in [0.25, 0.3) is 0 Å². The molecule has 1 unspecified atom stereocenters. The van der Waals surface area contributed by atoms with E-state index in [1.54, 1.807) is 11.8 Å². The maximum atomic E-state index is 5.69. The predicted molar refractivity (Wildman–Crippen MR) is 121 cm³/mol. The molecule has 0 aromatic heterocycles. The van der Waals surface area contributed by atoms with Crippen molar-refractivity contribution in [3.05, 3.63) is 29.8 Å². The number of hydrogen-bond donors (Lipinski definition) is 1. The van der Waals surface area contributed by atoms with Crippen LogP contribution in [0.15, 0.2) is 34.2 Å². The van der Waals surface area contributed by atoms with Crippen molar-refractivity contribution in [2.75, 3.05) is 46.2 Å². The summed E-state index contributed by atoms with van der Waals surface area (Å²) < 4.78 is 11.2. The van der Waals surface area contributed by atoms with E-state index in [4.69, 9.17) is 9.47 Å². The summed E-state index contributed by atoms with van der Waals surface area (Å²) in [5, 5.41) is 3.35. The van der Waals surface area contributed by atoms with Gasteiger partial charge in [-0.15, -0.1) is 35.7 Å². The Bertz CT molecular complexity index is 522. The average molecular weight is 493 g/mol. The third-order valence-electron chi connectivity index (χ3n) is 4.10. The van der Waals surface area contributed by atoms with Gasteiger partial charge in [0.1, 0.15) is 0 Å².